The molecule has 0 fully saturated rings. The lowest BCUT2D eigenvalue weighted by molar-refractivity contribution is 0.0472. The van der Waals surface area contributed by atoms with Crippen molar-refractivity contribution in [3.63, 3.8) is 0 Å². The van der Waals surface area contributed by atoms with E-state index in [-0.39, 0.29) is 12.5 Å². The zero-order valence-electron chi connectivity index (χ0n) is 15.0. The molecular formula is C22H17Cl2NO3. The van der Waals surface area contributed by atoms with Gasteiger partial charge >= 0.3 is 5.97 Å². The minimum absolute atomic E-state index is 0.0652. The third kappa shape index (κ3) is 5.12. The Morgan fingerprint density at radius 1 is 0.893 bits per heavy atom. The van der Waals surface area contributed by atoms with Crippen molar-refractivity contribution in [2.75, 3.05) is 5.32 Å². The Hall–Kier alpha value is -2.82. The summed E-state index contributed by atoms with van der Waals surface area (Å²) in [5.41, 5.74) is 3.18. The fourth-order valence-electron chi connectivity index (χ4n) is 2.49. The van der Waals surface area contributed by atoms with Gasteiger partial charge in [0.25, 0.3) is 5.91 Å². The molecule has 142 valence electrons. The van der Waals surface area contributed by atoms with Gasteiger partial charge in [0.15, 0.2) is 0 Å². The molecule has 0 saturated carbocycles. The first kappa shape index (κ1) is 19.9. The van der Waals surface area contributed by atoms with Crippen LogP contribution >= 0.6 is 23.2 Å². The van der Waals surface area contributed by atoms with Gasteiger partial charge in [0.1, 0.15) is 6.61 Å². The molecule has 0 aliphatic heterocycles. The summed E-state index contributed by atoms with van der Waals surface area (Å²) in [4.78, 5) is 24.6. The number of aryl methyl sites for hydroxylation is 1. The van der Waals surface area contributed by atoms with Crippen molar-refractivity contribution in [3.8, 4) is 0 Å². The van der Waals surface area contributed by atoms with Gasteiger partial charge in [-0.2, -0.15) is 0 Å². The molecule has 1 amide bonds. The number of hydrogen-bond donors (Lipinski definition) is 1. The zero-order chi connectivity index (χ0) is 20.1. The highest BCUT2D eigenvalue weighted by Crippen LogP contribution is 2.23. The van der Waals surface area contributed by atoms with Crippen LogP contribution < -0.4 is 5.32 Å². The van der Waals surface area contributed by atoms with Crippen LogP contribution in [-0.2, 0) is 11.3 Å². The number of hydrogen-bond acceptors (Lipinski definition) is 3. The number of esters is 1. The number of anilines is 1. The molecule has 0 aliphatic rings. The van der Waals surface area contributed by atoms with E-state index in [4.69, 9.17) is 27.9 Å². The average Bonchev–Trinajstić information content (AvgIpc) is 2.69. The lowest BCUT2D eigenvalue weighted by Crippen LogP contribution is -2.12. The van der Waals surface area contributed by atoms with Gasteiger partial charge < -0.3 is 10.1 Å². The summed E-state index contributed by atoms with van der Waals surface area (Å²) in [5, 5.41) is 3.62. The van der Waals surface area contributed by atoms with Crippen LogP contribution in [0.5, 0.6) is 0 Å². The molecule has 0 radical (unpaired) electrons. The van der Waals surface area contributed by atoms with Gasteiger partial charge in [-0.1, -0.05) is 53.0 Å². The lowest BCUT2D eigenvalue weighted by atomic mass is 10.1. The van der Waals surface area contributed by atoms with E-state index in [1.807, 2.05) is 19.1 Å². The van der Waals surface area contributed by atoms with Gasteiger partial charge in [-0.25, -0.2) is 4.79 Å². The fraction of sp³-hybridized carbons (Fsp3) is 0.0909. The molecule has 0 atom stereocenters. The minimum atomic E-state index is -0.502. The number of carbonyl (C=O) groups excluding carboxylic acids is 2. The first-order chi connectivity index (χ1) is 13.4. The van der Waals surface area contributed by atoms with Crippen molar-refractivity contribution in [2.24, 2.45) is 0 Å². The van der Waals surface area contributed by atoms with Crippen molar-refractivity contribution in [3.05, 3.63) is 99.0 Å². The molecule has 0 aromatic heterocycles. The molecule has 0 bridgehead atoms. The molecule has 1 N–H and O–H groups in total. The van der Waals surface area contributed by atoms with E-state index in [1.54, 1.807) is 54.6 Å². The van der Waals surface area contributed by atoms with Crippen LogP contribution in [0, 0.1) is 6.92 Å². The Morgan fingerprint density at radius 2 is 1.64 bits per heavy atom. The Kier molecular flexibility index (Phi) is 6.34. The van der Waals surface area contributed by atoms with Gasteiger partial charge in [-0.3, -0.25) is 4.79 Å². The van der Waals surface area contributed by atoms with Crippen LogP contribution in [0.15, 0.2) is 66.7 Å². The second kappa shape index (κ2) is 8.91. The van der Waals surface area contributed by atoms with Crippen LogP contribution in [0.1, 0.15) is 31.8 Å². The first-order valence-electron chi connectivity index (χ1n) is 8.51. The van der Waals surface area contributed by atoms with E-state index in [0.29, 0.717) is 26.9 Å². The highest BCUT2D eigenvalue weighted by molar-refractivity contribution is 6.42. The SMILES string of the molecule is Cc1ccc(C(=O)Nc2cccc(C(=O)OCc3ccc(Cl)c(Cl)c3)c2)cc1. The number of halogens is 2. The first-order valence-corrected chi connectivity index (χ1v) is 9.27. The van der Waals surface area contributed by atoms with Crippen LogP contribution in [-0.4, -0.2) is 11.9 Å². The lowest BCUT2D eigenvalue weighted by Gasteiger charge is -2.09. The third-order valence-corrected chi connectivity index (χ3v) is 4.76. The topological polar surface area (TPSA) is 55.4 Å². The number of carbonyl (C=O) groups is 2. The van der Waals surface area contributed by atoms with Gasteiger partial charge in [0, 0.05) is 11.3 Å². The number of ether oxygens (including phenoxy) is 1. The van der Waals surface area contributed by atoms with E-state index in [0.717, 1.165) is 11.1 Å². The Balaban J connectivity index is 1.64. The minimum Gasteiger partial charge on any atom is -0.457 e. The molecule has 0 aliphatic carbocycles. The summed E-state index contributed by atoms with van der Waals surface area (Å²) in [6, 6.07) is 18.9. The molecule has 3 rings (SSSR count). The van der Waals surface area contributed by atoms with E-state index in [2.05, 4.69) is 5.32 Å². The molecule has 3 aromatic carbocycles. The molecule has 4 nitrogen and oxygen atoms in total. The van der Waals surface area contributed by atoms with Gasteiger partial charge in [0.2, 0.25) is 0 Å². The Labute approximate surface area is 173 Å². The number of nitrogens with one attached hydrogen (secondary N) is 1. The maximum atomic E-state index is 12.3. The smallest absolute Gasteiger partial charge is 0.338 e. The van der Waals surface area contributed by atoms with Gasteiger partial charge in [-0.05, 0) is 55.0 Å². The number of rotatable bonds is 5. The highest BCUT2D eigenvalue weighted by Gasteiger charge is 2.11. The average molecular weight is 414 g/mol. The predicted molar refractivity (Wildman–Crippen MR) is 111 cm³/mol. The van der Waals surface area contributed by atoms with Crippen molar-refractivity contribution in [1.82, 2.24) is 0 Å². The van der Waals surface area contributed by atoms with Gasteiger partial charge in [-0.15, -0.1) is 0 Å². The quantitative estimate of drug-likeness (QED) is 0.528. The van der Waals surface area contributed by atoms with Crippen LogP contribution in [0.3, 0.4) is 0 Å². The molecule has 0 spiro atoms. The maximum absolute atomic E-state index is 12.3. The van der Waals surface area contributed by atoms with Crippen molar-refractivity contribution >= 4 is 40.8 Å². The number of benzene rings is 3. The fourth-order valence-corrected chi connectivity index (χ4v) is 2.81. The van der Waals surface area contributed by atoms with E-state index in [1.165, 1.54) is 0 Å². The van der Waals surface area contributed by atoms with Crippen LogP contribution in [0.2, 0.25) is 10.0 Å². The van der Waals surface area contributed by atoms with E-state index in [9.17, 15) is 9.59 Å². The molecule has 6 heteroatoms. The second-order valence-corrected chi connectivity index (χ2v) is 7.04. The highest BCUT2D eigenvalue weighted by atomic mass is 35.5. The van der Waals surface area contributed by atoms with Crippen LogP contribution in [0.25, 0.3) is 0 Å². The summed E-state index contributed by atoms with van der Waals surface area (Å²) in [6.45, 7) is 2.02. The molecule has 0 saturated heterocycles. The normalized spacial score (nSPS) is 10.4. The molecule has 0 heterocycles. The van der Waals surface area contributed by atoms with Gasteiger partial charge in [0.05, 0.1) is 15.6 Å². The zero-order valence-corrected chi connectivity index (χ0v) is 16.6. The summed E-state index contributed by atoms with van der Waals surface area (Å²) >= 11 is 11.8. The van der Waals surface area contributed by atoms with E-state index >= 15 is 0 Å². The van der Waals surface area contributed by atoms with E-state index < -0.39 is 5.97 Å². The van der Waals surface area contributed by atoms with Crippen molar-refractivity contribution < 1.29 is 14.3 Å². The standard InChI is InChI=1S/C22H17Cl2NO3/c1-14-5-8-16(9-6-14)21(26)25-18-4-2-3-17(12-18)22(27)28-13-15-7-10-19(23)20(24)11-15/h2-12H,13H2,1H3,(H,25,26). The largest absolute Gasteiger partial charge is 0.457 e. The van der Waals surface area contributed by atoms with Crippen molar-refractivity contribution in [1.29, 1.82) is 0 Å². The van der Waals surface area contributed by atoms with Crippen LogP contribution in [0.4, 0.5) is 5.69 Å². The molecule has 28 heavy (non-hydrogen) atoms. The molecular weight excluding hydrogens is 397 g/mol. The maximum Gasteiger partial charge on any atom is 0.338 e. The molecule has 3 aromatic rings. The Morgan fingerprint density at radius 3 is 2.36 bits per heavy atom. The van der Waals surface area contributed by atoms with Crippen molar-refractivity contribution in [2.45, 2.75) is 13.5 Å². The summed E-state index contributed by atoms with van der Waals surface area (Å²) in [5.74, 6) is -0.751. The molecule has 0 unspecified atom stereocenters. The summed E-state index contributed by atoms with van der Waals surface area (Å²) in [6.07, 6.45) is 0. The predicted octanol–water partition coefficient (Wildman–Crippen LogP) is 5.91. The monoisotopic (exact) mass is 413 g/mol. The summed E-state index contributed by atoms with van der Waals surface area (Å²) < 4.78 is 5.31. The Bertz CT molecular complexity index is 1020. The second-order valence-electron chi connectivity index (χ2n) is 6.23. The third-order valence-electron chi connectivity index (χ3n) is 4.02. The summed E-state index contributed by atoms with van der Waals surface area (Å²) in [7, 11) is 0. The number of amides is 1.